The SMILES string of the molecule is O=C(NCCC(O)C(=O)O)Nc1cncc(F)c1. The fourth-order valence-electron chi connectivity index (χ4n) is 1.10. The largest absolute Gasteiger partial charge is 0.479 e. The molecule has 0 aromatic carbocycles. The van der Waals surface area contributed by atoms with Crippen LogP contribution in [-0.4, -0.2) is 39.8 Å². The molecule has 1 rings (SSSR count). The van der Waals surface area contributed by atoms with Crippen LogP contribution < -0.4 is 10.6 Å². The number of hydrogen-bond acceptors (Lipinski definition) is 4. The van der Waals surface area contributed by atoms with E-state index in [0.29, 0.717) is 0 Å². The molecule has 0 aliphatic carbocycles. The summed E-state index contributed by atoms with van der Waals surface area (Å²) in [5.41, 5.74) is 0.172. The summed E-state index contributed by atoms with van der Waals surface area (Å²) in [5.74, 6) is -1.94. The molecule has 0 radical (unpaired) electrons. The second-order valence-electron chi connectivity index (χ2n) is 3.42. The van der Waals surface area contributed by atoms with Gasteiger partial charge in [-0.25, -0.2) is 14.0 Å². The van der Waals surface area contributed by atoms with Crippen molar-refractivity contribution in [3.8, 4) is 0 Å². The second-order valence-corrected chi connectivity index (χ2v) is 3.42. The number of aliphatic carboxylic acids is 1. The lowest BCUT2D eigenvalue weighted by atomic mass is 10.2. The summed E-state index contributed by atoms with van der Waals surface area (Å²) in [6.45, 7) is -0.0257. The summed E-state index contributed by atoms with van der Waals surface area (Å²) < 4.78 is 12.7. The first-order valence-electron chi connectivity index (χ1n) is 5.05. The summed E-state index contributed by atoms with van der Waals surface area (Å²) in [7, 11) is 0. The van der Waals surface area contributed by atoms with E-state index in [4.69, 9.17) is 10.2 Å². The molecule has 0 saturated carbocycles. The molecule has 0 aliphatic heterocycles. The number of anilines is 1. The quantitative estimate of drug-likeness (QED) is 0.601. The van der Waals surface area contributed by atoms with Gasteiger partial charge in [0.05, 0.1) is 18.1 Å². The van der Waals surface area contributed by atoms with Crippen LogP contribution in [0.1, 0.15) is 6.42 Å². The van der Waals surface area contributed by atoms with Gasteiger partial charge < -0.3 is 20.8 Å². The first kappa shape index (κ1) is 13.8. The summed E-state index contributed by atoms with van der Waals surface area (Å²) in [4.78, 5) is 25.1. The van der Waals surface area contributed by atoms with E-state index in [9.17, 15) is 14.0 Å². The predicted molar refractivity (Wildman–Crippen MR) is 59.5 cm³/mol. The third kappa shape index (κ3) is 4.74. The van der Waals surface area contributed by atoms with E-state index < -0.39 is 23.9 Å². The van der Waals surface area contributed by atoms with E-state index in [-0.39, 0.29) is 18.7 Å². The standard InChI is InChI=1S/C10H12FN3O4/c11-6-3-7(5-12-4-6)14-10(18)13-2-1-8(15)9(16)17/h3-5,8,15H,1-2H2,(H,16,17)(H2,13,14,18). The van der Waals surface area contributed by atoms with Crippen LogP contribution in [0.5, 0.6) is 0 Å². The molecular formula is C10H12FN3O4. The van der Waals surface area contributed by atoms with Gasteiger partial charge in [-0.15, -0.1) is 0 Å². The lowest BCUT2D eigenvalue weighted by Crippen LogP contribution is -2.33. The zero-order valence-electron chi connectivity index (χ0n) is 9.26. The topological polar surface area (TPSA) is 112 Å². The number of rotatable bonds is 5. The van der Waals surface area contributed by atoms with Crippen LogP contribution >= 0.6 is 0 Å². The lowest BCUT2D eigenvalue weighted by Gasteiger charge is -2.08. The highest BCUT2D eigenvalue weighted by molar-refractivity contribution is 5.88. The molecule has 7 nitrogen and oxygen atoms in total. The van der Waals surface area contributed by atoms with Crippen molar-refractivity contribution in [2.75, 3.05) is 11.9 Å². The van der Waals surface area contributed by atoms with E-state index in [1.165, 1.54) is 6.20 Å². The second kappa shape index (κ2) is 6.50. The number of aliphatic hydroxyl groups is 1. The number of amides is 2. The van der Waals surface area contributed by atoms with Crippen molar-refractivity contribution in [2.24, 2.45) is 0 Å². The summed E-state index contributed by atoms with van der Waals surface area (Å²) in [5, 5.41) is 21.9. The van der Waals surface area contributed by atoms with Crippen LogP contribution in [-0.2, 0) is 4.79 Å². The molecule has 0 saturated heterocycles. The molecule has 1 aromatic rings. The number of carbonyl (C=O) groups excluding carboxylic acids is 1. The maximum atomic E-state index is 12.7. The number of pyridine rings is 1. The normalized spacial score (nSPS) is 11.7. The average molecular weight is 257 g/mol. The molecule has 18 heavy (non-hydrogen) atoms. The fraction of sp³-hybridized carbons (Fsp3) is 0.300. The lowest BCUT2D eigenvalue weighted by molar-refractivity contribution is -0.146. The molecule has 0 bridgehead atoms. The Hall–Kier alpha value is -2.22. The Morgan fingerprint density at radius 1 is 1.44 bits per heavy atom. The van der Waals surface area contributed by atoms with Crippen molar-refractivity contribution in [2.45, 2.75) is 12.5 Å². The van der Waals surface area contributed by atoms with Gasteiger partial charge >= 0.3 is 12.0 Å². The highest BCUT2D eigenvalue weighted by atomic mass is 19.1. The van der Waals surface area contributed by atoms with Gasteiger partial charge in [0.1, 0.15) is 5.82 Å². The molecule has 1 unspecified atom stereocenters. The Morgan fingerprint density at radius 2 is 2.17 bits per heavy atom. The summed E-state index contributed by atoms with van der Waals surface area (Å²) in [6, 6.07) is 0.443. The van der Waals surface area contributed by atoms with Crippen LogP contribution in [0.3, 0.4) is 0 Å². The van der Waals surface area contributed by atoms with Gasteiger partial charge in [-0.3, -0.25) is 4.98 Å². The monoisotopic (exact) mass is 257 g/mol. The molecule has 1 heterocycles. The van der Waals surface area contributed by atoms with Crippen molar-refractivity contribution in [1.29, 1.82) is 0 Å². The highest BCUT2D eigenvalue weighted by Gasteiger charge is 2.12. The molecule has 0 aliphatic rings. The average Bonchev–Trinajstić information content (AvgIpc) is 2.28. The number of carboxylic acids is 1. The molecule has 0 spiro atoms. The van der Waals surface area contributed by atoms with Crippen LogP contribution in [0, 0.1) is 5.82 Å². The highest BCUT2D eigenvalue weighted by Crippen LogP contribution is 2.06. The molecule has 1 atom stereocenters. The van der Waals surface area contributed by atoms with Crippen molar-refractivity contribution < 1.29 is 24.2 Å². The molecule has 4 N–H and O–H groups in total. The van der Waals surface area contributed by atoms with E-state index in [1.54, 1.807) is 0 Å². The summed E-state index contributed by atoms with van der Waals surface area (Å²) >= 11 is 0. The number of carbonyl (C=O) groups is 2. The molecular weight excluding hydrogens is 245 g/mol. The number of aliphatic hydroxyl groups excluding tert-OH is 1. The Kier molecular flexibility index (Phi) is 5.00. The smallest absolute Gasteiger partial charge is 0.332 e. The zero-order valence-corrected chi connectivity index (χ0v) is 9.26. The zero-order chi connectivity index (χ0) is 13.5. The Labute approximate surface area is 102 Å². The van der Waals surface area contributed by atoms with Crippen LogP contribution in [0.15, 0.2) is 18.5 Å². The molecule has 1 aromatic heterocycles. The third-order valence-electron chi connectivity index (χ3n) is 1.95. The first-order valence-corrected chi connectivity index (χ1v) is 5.05. The van der Waals surface area contributed by atoms with Crippen molar-refractivity contribution in [1.82, 2.24) is 10.3 Å². The van der Waals surface area contributed by atoms with E-state index >= 15 is 0 Å². The number of halogens is 1. The van der Waals surface area contributed by atoms with Gasteiger partial charge in [0.2, 0.25) is 0 Å². The minimum absolute atomic E-state index is 0.0257. The fourth-order valence-corrected chi connectivity index (χ4v) is 1.10. The first-order chi connectivity index (χ1) is 8.49. The predicted octanol–water partition coefficient (Wildman–Crippen LogP) is 0.178. The van der Waals surface area contributed by atoms with Gasteiger partial charge in [-0.05, 0) is 0 Å². The minimum Gasteiger partial charge on any atom is -0.479 e. The van der Waals surface area contributed by atoms with Crippen LogP contribution in [0.2, 0.25) is 0 Å². The van der Waals surface area contributed by atoms with E-state index in [1.807, 2.05) is 0 Å². The molecule has 8 heteroatoms. The number of aromatic nitrogens is 1. The van der Waals surface area contributed by atoms with Crippen molar-refractivity contribution in [3.05, 3.63) is 24.3 Å². The molecule has 0 fully saturated rings. The maximum absolute atomic E-state index is 12.7. The van der Waals surface area contributed by atoms with Gasteiger partial charge in [0, 0.05) is 19.0 Å². The third-order valence-corrected chi connectivity index (χ3v) is 1.95. The van der Waals surface area contributed by atoms with E-state index in [2.05, 4.69) is 15.6 Å². The van der Waals surface area contributed by atoms with Crippen LogP contribution in [0.4, 0.5) is 14.9 Å². The molecule has 2 amide bonds. The maximum Gasteiger partial charge on any atom is 0.332 e. The minimum atomic E-state index is -1.53. The Bertz CT molecular complexity index is 441. The number of urea groups is 1. The molecule has 98 valence electrons. The van der Waals surface area contributed by atoms with Gasteiger partial charge in [-0.1, -0.05) is 0 Å². The number of nitrogens with one attached hydrogen (secondary N) is 2. The number of carboxylic acid groups (broad SMARTS) is 1. The van der Waals surface area contributed by atoms with Crippen molar-refractivity contribution >= 4 is 17.7 Å². The number of nitrogens with zero attached hydrogens (tertiary/aromatic N) is 1. The van der Waals surface area contributed by atoms with Crippen molar-refractivity contribution in [3.63, 3.8) is 0 Å². The Balaban J connectivity index is 2.32. The Morgan fingerprint density at radius 3 is 2.78 bits per heavy atom. The summed E-state index contributed by atoms with van der Waals surface area (Å²) in [6.07, 6.45) is 0.603. The number of hydrogen-bond donors (Lipinski definition) is 4. The van der Waals surface area contributed by atoms with Crippen LogP contribution in [0.25, 0.3) is 0 Å². The van der Waals surface area contributed by atoms with Gasteiger partial charge in [0.15, 0.2) is 6.10 Å². The van der Waals surface area contributed by atoms with Gasteiger partial charge in [-0.2, -0.15) is 0 Å². The van der Waals surface area contributed by atoms with Gasteiger partial charge in [0.25, 0.3) is 0 Å². The van der Waals surface area contributed by atoms with E-state index in [0.717, 1.165) is 12.3 Å².